The second-order valence-electron chi connectivity index (χ2n) is 7.93. The number of benzene rings is 2. The number of fused-ring (bicyclic) bond motifs is 1. The predicted molar refractivity (Wildman–Crippen MR) is 115 cm³/mol. The van der Waals surface area contributed by atoms with Crippen LogP contribution in [0.2, 0.25) is 0 Å². The lowest BCUT2D eigenvalue weighted by Gasteiger charge is -2.16. The van der Waals surface area contributed by atoms with Gasteiger partial charge in [0.25, 0.3) is 0 Å². The van der Waals surface area contributed by atoms with Crippen LogP contribution in [0.1, 0.15) is 42.6 Å². The van der Waals surface area contributed by atoms with E-state index >= 15 is 0 Å². The summed E-state index contributed by atoms with van der Waals surface area (Å²) in [6.07, 6.45) is 4.77. The molecule has 2 aromatic carbocycles. The van der Waals surface area contributed by atoms with Crippen molar-refractivity contribution in [2.45, 2.75) is 52.6 Å². The molecule has 0 unspecified atom stereocenters. The molecule has 148 valence electrons. The van der Waals surface area contributed by atoms with Crippen molar-refractivity contribution >= 4 is 11.0 Å². The maximum absolute atomic E-state index is 6.08. The Labute approximate surface area is 168 Å². The first-order valence-corrected chi connectivity index (χ1v) is 10.6. The molecular weight excluding hydrogens is 346 g/mol. The van der Waals surface area contributed by atoms with Crippen LogP contribution in [-0.2, 0) is 13.1 Å². The molecule has 0 bridgehead atoms. The van der Waals surface area contributed by atoms with Gasteiger partial charge in [0.1, 0.15) is 11.6 Å². The second kappa shape index (κ2) is 8.78. The van der Waals surface area contributed by atoms with Crippen molar-refractivity contribution in [1.29, 1.82) is 0 Å². The van der Waals surface area contributed by atoms with E-state index in [1.165, 1.54) is 48.4 Å². The molecular formula is C24H31N3O. The van der Waals surface area contributed by atoms with Gasteiger partial charge in [-0.3, -0.25) is 4.90 Å². The van der Waals surface area contributed by atoms with Gasteiger partial charge >= 0.3 is 0 Å². The number of unbranched alkanes of at least 4 members (excludes halogenated alkanes) is 1. The van der Waals surface area contributed by atoms with Crippen molar-refractivity contribution in [3.8, 4) is 5.75 Å². The first-order valence-electron chi connectivity index (χ1n) is 10.6. The average Bonchev–Trinajstić information content (AvgIpc) is 3.32. The van der Waals surface area contributed by atoms with Gasteiger partial charge in [0.15, 0.2) is 0 Å². The number of rotatable bonds is 8. The fourth-order valence-electron chi connectivity index (χ4n) is 4.21. The normalized spacial score (nSPS) is 14.8. The zero-order valence-corrected chi connectivity index (χ0v) is 17.2. The summed E-state index contributed by atoms with van der Waals surface area (Å²) in [6.45, 7) is 9.36. The van der Waals surface area contributed by atoms with Crippen molar-refractivity contribution in [3.05, 3.63) is 59.4 Å². The lowest BCUT2D eigenvalue weighted by Crippen LogP contribution is -2.21. The van der Waals surface area contributed by atoms with E-state index < -0.39 is 0 Å². The number of ether oxygens (including phenoxy) is 1. The number of aryl methyl sites for hydroxylation is 3. The van der Waals surface area contributed by atoms with E-state index in [1.807, 2.05) is 0 Å². The lowest BCUT2D eigenvalue weighted by atomic mass is 10.1. The van der Waals surface area contributed by atoms with Crippen LogP contribution in [0.15, 0.2) is 42.5 Å². The van der Waals surface area contributed by atoms with Gasteiger partial charge < -0.3 is 9.30 Å². The summed E-state index contributed by atoms with van der Waals surface area (Å²) in [4.78, 5) is 7.47. The highest BCUT2D eigenvalue weighted by molar-refractivity contribution is 5.75. The molecule has 1 fully saturated rings. The Morgan fingerprint density at radius 1 is 0.929 bits per heavy atom. The Balaban J connectivity index is 1.38. The molecule has 1 aliphatic heterocycles. The molecule has 4 rings (SSSR count). The molecule has 0 N–H and O–H groups in total. The minimum absolute atomic E-state index is 0.764. The molecule has 0 aliphatic carbocycles. The van der Waals surface area contributed by atoms with Crippen molar-refractivity contribution < 1.29 is 4.74 Å². The Morgan fingerprint density at radius 2 is 1.68 bits per heavy atom. The Hall–Kier alpha value is -2.33. The average molecular weight is 378 g/mol. The van der Waals surface area contributed by atoms with Gasteiger partial charge in [-0.25, -0.2) is 4.98 Å². The summed E-state index contributed by atoms with van der Waals surface area (Å²) in [7, 11) is 0. The van der Waals surface area contributed by atoms with Gasteiger partial charge in [0, 0.05) is 6.54 Å². The Kier molecular flexibility index (Phi) is 5.96. The molecule has 0 saturated carbocycles. The monoisotopic (exact) mass is 377 g/mol. The molecule has 0 atom stereocenters. The van der Waals surface area contributed by atoms with Crippen molar-refractivity contribution in [3.63, 3.8) is 0 Å². The van der Waals surface area contributed by atoms with Crippen LogP contribution >= 0.6 is 0 Å². The van der Waals surface area contributed by atoms with Crippen LogP contribution in [0.3, 0.4) is 0 Å². The zero-order chi connectivity index (χ0) is 19.3. The number of imidazole rings is 1. The van der Waals surface area contributed by atoms with Crippen LogP contribution < -0.4 is 4.74 Å². The molecule has 1 aromatic heterocycles. The summed E-state index contributed by atoms with van der Waals surface area (Å²) in [6, 6.07) is 14.8. The number of para-hydroxylation sites is 3. The lowest BCUT2D eigenvalue weighted by molar-refractivity contribution is 0.296. The smallest absolute Gasteiger partial charge is 0.125 e. The first-order chi connectivity index (χ1) is 13.7. The largest absolute Gasteiger partial charge is 0.493 e. The van der Waals surface area contributed by atoms with E-state index in [9.17, 15) is 0 Å². The summed E-state index contributed by atoms with van der Waals surface area (Å²) < 4.78 is 8.50. The third-order valence-corrected chi connectivity index (χ3v) is 5.73. The summed E-state index contributed by atoms with van der Waals surface area (Å²) in [5, 5.41) is 0. The fourth-order valence-corrected chi connectivity index (χ4v) is 4.21. The van der Waals surface area contributed by atoms with Crippen LogP contribution in [0, 0.1) is 13.8 Å². The molecule has 1 aliphatic rings. The second-order valence-corrected chi connectivity index (χ2v) is 7.93. The molecule has 1 saturated heterocycles. The number of likely N-dealkylation sites (tertiary alicyclic amines) is 1. The summed E-state index contributed by atoms with van der Waals surface area (Å²) in [5.74, 6) is 2.25. The van der Waals surface area contributed by atoms with Gasteiger partial charge in [-0.1, -0.05) is 30.3 Å². The van der Waals surface area contributed by atoms with Gasteiger partial charge in [0.05, 0.1) is 24.2 Å². The van der Waals surface area contributed by atoms with Crippen molar-refractivity contribution in [1.82, 2.24) is 14.5 Å². The zero-order valence-electron chi connectivity index (χ0n) is 17.2. The SMILES string of the molecule is Cc1cccc(C)c1OCCCCn1c(CN2CCCC2)nc2ccccc21. The highest BCUT2D eigenvalue weighted by Gasteiger charge is 2.17. The highest BCUT2D eigenvalue weighted by atomic mass is 16.5. The third-order valence-electron chi connectivity index (χ3n) is 5.73. The van der Waals surface area contributed by atoms with Crippen LogP contribution in [0.4, 0.5) is 0 Å². The molecule has 4 heteroatoms. The van der Waals surface area contributed by atoms with E-state index in [0.717, 1.165) is 43.8 Å². The van der Waals surface area contributed by atoms with E-state index in [4.69, 9.17) is 9.72 Å². The molecule has 3 aromatic rings. The van der Waals surface area contributed by atoms with Crippen molar-refractivity contribution in [2.24, 2.45) is 0 Å². The number of aromatic nitrogens is 2. The molecule has 0 spiro atoms. The van der Waals surface area contributed by atoms with Gasteiger partial charge in [-0.05, 0) is 75.9 Å². The predicted octanol–water partition coefficient (Wildman–Crippen LogP) is 5.11. The van der Waals surface area contributed by atoms with Crippen molar-refractivity contribution in [2.75, 3.05) is 19.7 Å². The quantitative estimate of drug-likeness (QED) is 0.511. The Morgan fingerprint density at radius 3 is 2.46 bits per heavy atom. The fraction of sp³-hybridized carbons (Fsp3) is 0.458. The first kappa shape index (κ1) is 19.0. The molecule has 0 radical (unpaired) electrons. The minimum atomic E-state index is 0.764. The Bertz CT molecular complexity index is 904. The molecule has 4 nitrogen and oxygen atoms in total. The number of hydrogen-bond donors (Lipinski definition) is 0. The van der Waals surface area contributed by atoms with E-state index in [2.05, 4.69) is 65.8 Å². The van der Waals surface area contributed by atoms with Crippen LogP contribution in [0.25, 0.3) is 11.0 Å². The minimum Gasteiger partial charge on any atom is -0.493 e. The molecule has 2 heterocycles. The third kappa shape index (κ3) is 4.22. The van der Waals surface area contributed by atoms with Gasteiger partial charge in [0.2, 0.25) is 0 Å². The van der Waals surface area contributed by atoms with E-state index in [-0.39, 0.29) is 0 Å². The summed E-state index contributed by atoms with van der Waals surface area (Å²) in [5.41, 5.74) is 4.80. The maximum atomic E-state index is 6.08. The standard InChI is InChI=1S/C24H31N3O/c1-19-10-9-11-20(2)24(19)28-17-8-7-16-27-22-13-4-3-12-21(22)25-23(27)18-26-14-5-6-15-26/h3-4,9-13H,5-8,14-18H2,1-2H3. The molecule has 0 amide bonds. The number of nitrogens with zero attached hydrogens (tertiary/aromatic N) is 3. The van der Waals surface area contributed by atoms with E-state index in [0.29, 0.717) is 0 Å². The van der Waals surface area contributed by atoms with Crippen LogP contribution in [0.5, 0.6) is 5.75 Å². The van der Waals surface area contributed by atoms with E-state index in [1.54, 1.807) is 0 Å². The van der Waals surface area contributed by atoms with Gasteiger partial charge in [-0.15, -0.1) is 0 Å². The summed E-state index contributed by atoms with van der Waals surface area (Å²) >= 11 is 0. The maximum Gasteiger partial charge on any atom is 0.125 e. The highest BCUT2D eigenvalue weighted by Crippen LogP contribution is 2.23. The topological polar surface area (TPSA) is 30.3 Å². The molecule has 28 heavy (non-hydrogen) atoms. The number of hydrogen-bond acceptors (Lipinski definition) is 3. The van der Waals surface area contributed by atoms with Gasteiger partial charge in [-0.2, -0.15) is 0 Å². The van der Waals surface area contributed by atoms with Crippen LogP contribution in [-0.4, -0.2) is 34.1 Å².